The Balaban J connectivity index is 2.17. The molecular formula is C13H18N2OS. The summed E-state index contributed by atoms with van der Waals surface area (Å²) in [6.45, 7) is 1.23. The molecule has 0 aliphatic carbocycles. The zero-order valence-corrected chi connectivity index (χ0v) is 10.6. The highest BCUT2D eigenvalue weighted by Crippen LogP contribution is 2.24. The molecule has 1 aromatic rings. The van der Waals surface area contributed by atoms with Gasteiger partial charge in [-0.15, -0.1) is 0 Å². The second-order valence-electron chi connectivity index (χ2n) is 4.44. The van der Waals surface area contributed by atoms with Crippen molar-refractivity contribution in [3.05, 3.63) is 29.8 Å². The Labute approximate surface area is 107 Å². The van der Waals surface area contributed by atoms with Gasteiger partial charge in [-0.05, 0) is 43.5 Å². The van der Waals surface area contributed by atoms with Crippen LogP contribution in [0.25, 0.3) is 0 Å². The number of hydrogen-bond acceptors (Lipinski definition) is 3. The van der Waals surface area contributed by atoms with Gasteiger partial charge in [-0.3, -0.25) is 0 Å². The van der Waals surface area contributed by atoms with Crippen LogP contribution >= 0.6 is 12.2 Å². The molecule has 1 aliphatic heterocycles. The molecule has 0 amide bonds. The summed E-state index contributed by atoms with van der Waals surface area (Å²) in [5, 5.41) is 9.38. The monoisotopic (exact) mass is 250 g/mol. The molecule has 17 heavy (non-hydrogen) atoms. The first kappa shape index (κ1) is 12.3. The normalized spacial score (nSPS) is 20.3. The first-order valence-corrected chi connectivity index (χ1v) is 6.40. The number of thiocarbonyl (C=S) groups is 1. The van der Waals surface area contributed by atoms with Gasteiger partial charge < -0.3 is 15.7 Å². The van der Waals surface area contributed by atoms with E-state index in [1.54, 1.807) is 0 Å². The largest absolute Gasteiger partial charge is 0.394 e. The van der Waals surface area contributed by atoms with E-state index in [0.29, 0.717) is 4.99 Å². The third-order valence-electron chi connectivity index (χ3n) is 3.32. The smallest absolute Gasteiger partial charge is 0.103 e. The van der Waals surface area contributed by atoms with Gasteiger partial charge in [-0.25, -0.2) is 0 Å². The number of anilines is 1. The number of rotatable bonds is 3. The van der Waals surface area contributed by atoms with E-state index in [1.807, 2.05) is 24.3 Å². The molecule has 0 spiro atoms. The second-order valence-corrected chi connectivity index (χ2v) is 4.88. The first-order chi connectivity index (χ1) is 8.22. The molecule has 0 aromatic heterocycles. The lowest BCUT2D eigenvalue weighted by molar-refractivity contribution is 0.240. The summed E-state index contributed by atoms with van der Waals surface area (Å²) in [5.41, 5.74) is 7.61. The molecule has 1 unspecified atom stereocenters. The highest BCUT2D eigenvalue weighted by Gasteiger charge is 2.21. The average Bonchev–Trinajstić information content (AvgIpc) is 2.39. The number of nitrogens with two attached hydrogens (primary N) is 1. The number of nitrogens with zero attached hydrogens (tertiary/aromatic N) is 1. The van der Waals surface area contributed by atoms with Crippen molar-refractivity contribution >= 4 is 22.9 Å². The van der Waals surface area contributed by atoms with E-state index in [1.165, 1.54) is 12.8 Å². The fourth-order valence-corrected chi connectivity index (χ4v) is 2.48. The average molecular weight is 250 g/mol. The molecule has 1 saturated heterocycles. The minimum absolute atomic E-state index is 0.219. The molecular weight excluding hydrogens is 232 g/mol. The molecule has 0 saturated carbocycles. The maximum atomic E-state index is 9.38. The van der Waals surface area contributed by atoms with Gasteiger partial charge >= 0.3 is 0 Å². The molecule has 4 heteroatoms. The zero-order chi connectivity index (χ0) is 12.3. The van der Waals surface area contributed by atoms with Crippen LogP contribution in [0.5, 0.6) is 0 Å². The predicted octanol–water partition coefficient (Wildman–Crippen LogP) is 1.67. The van der Waals surface area contributed by atoms with Crippen LogP contribution in [0.2, 0.25) is 0 Å². The fourth-order valence-electron chi connectivity index (χ4n) is 2.35. The van der Waals surface area contributed by atoms with Crippen molar-refractivity contribution in [1.82, 2.24) is 0 Å². The predicted molar refractivity (Wildman–Crippen MR) is 74.4 cm³/mol. The Morgan fingerprint density at radius 3 is 2.65 bits per heavy atom. The lowest BCUT2D eigenvalue weighted by atomic mass is 10.0. The maximum Gasteiger partial charge on any atom is 0.103 e. The molecule has 1 heterocycles. The molecule has 1 aliphatic rings. The molecule has 1 atom stereocenters. The van der Waals surface area contributed by atoms with Crippen LogP contribution < -0.4 is 10.6 Å². The SMILES string of the molecule is NC(=S)c1ccc(N2CCCCC2CO)cc1. The molecule has 0 radical (unpaired) electrons. The number of hydrogen-bond donors (Lipinski definition) is 2. The highest BCUT2D eigenvalue weighted by atomic mass is 32.1. The van der Waals surface area contributed by atoms with Crippen molar-refractivity contribution in [2.75, 3.05) is 18.1 Å². The molecule has 3 N–H and O–H groups in total. The van der Waals surface area contributed by atoms with Crippen LogP contribution in [0, 0.1) is 0 Å². The van der Waals surface area contributed by atoms with Crippen molar-refractivity contribution in [2.24, 2.45) is 5.73 Å². The standard InChI is InChI=1S/C13H18N2OS/c14-13(17)10-4-6-11(7-5-10)15-8-2-1-3-12(15)9-16/h4-7,12,16H,1-3,8-9H2,(H2,14,17). The van der Waals surface area contributed by atoms with Gasteiger partial charge in [0.05, 0.1) is 12.6 Å². The zero-order valence-electron chi connectivity index (χ0n) is 9.80. The molecule has 0 bridgehead atoms. The maximum absolute atomic E-state index is 9.38. The van der Waals surface area contributed by atoms with Crippen LogP contribution in [-0.2, 0) is 0 Å². The number of aliphatic hydroxyl groups is 1. The van der Waals surface area contributed by atoms with Gasteiger partial charge in [0.1, 0.15) is 4.99 Å². The second kappa shape index (κ2) is 5.47. The van der Waals surface area contributed by atoms with Crippen LogP contribution in [0.4, 0.5) is 5.69 Å². The van der Waals surface area contributed by atoms with Gasteiger partial charge in [0, 0.05) is 17.8 Å². The highest BCUT2D eigenvalue weighted by molar-refractivity contribution is 7.80. The van der Waals surface area contributed by atoms with E-state index in [4.69, 9.17) is 18.0 Å². The van der Waals surface area contributed by atoms with E-state index < -0.39 is 0 Å². The molecule has 1 aromatic carbocycles. The molecule has 2 rings (SSSR count). The lowest BCUT2D eigenvalue weighted by Crippen LogP contribution is -2.41. The van der Waals surface area contributed by atoms with Crippen molar-refractivity contribution < 1.29 is 5.11 Å². The van der Waals surface area contributed by atoms with Crippen molar-refractivity contribution in [2.45, 2.75) is 25.3 Å². The summed E-state index contributed by atoms with van der Waals surface area (Å²) in [5.74, 6) is 0. The van der Waals surface area contributed by atoms with E-state index in [9.17, 15) is 5.11 Å². The summed E-state index contributed by atoms with van der Waals surface area (Å²) in [7, 11) is 0. The van der Waals surface area contributed by atoms with Gasteiger partial charge in [0.25, 0.3) is 0 Å². The molecule has 92 valence electrons. The van der Waals surface area contributed by atoms with Crippen LogP contribution in [-0.4, -0.2) is 29.3 Å². The third kappa shape index (κ3) is 2.76. The van der Waals surface area contributed by atoms with Crippen molar-refractivity contribution in [1.29, 1.82) is 0 Å². The van der Waals surface area contributed by atoms with Crippen LogP contribution in [0.3, 0.4) is 0 Å². The summed E-state index contributed by atoms with van der Waals surface area (Å²) in [6.07, 6.45) is 3.45. The van der Waals surface area contributed by atoms with Gasteiger partial charge in [0.2, 0.25) is 0 Å². The minimum Gasteiger partial charge on any atom is -0.394 e. The van der Waals surface area contributed by atoms with Gasteiger partial charge in [0.15, 0.2) is 0 Å². The molecule has 3 nitrogen and oxygen atoms in total. The van der Waals surface area contributed by atoms with Crippen LogP contribution in [0.15, 0.2) is 24.3 Å². The Kier molecular flexibility index (Phi) is 3.97. The van der Waals surface area contributed by atoms with E-state index in [2.05, 4.69) is 4.90 Å². The van der Waals surface area contributed by atoms with Crippen LogP contribution in [0.1, 0.15) is 24.8 Å². The van der Waals surface area contributed by atoms with Gasteiger partial charge in [-0.2, -0.15) is 0 Å². The summed E-state index contributed by atoms with van der Waals surface area (Å²) < 4.78 is 0. The third-order valence-corrected chi connectivity index (χ3v) is 3.56. The van der Waals surface area contributed by atoms with Crippen molar-refractivity contribution in [3.63, 3.8) is 0 Å². The summed E-state index contributed by atoms with van der Waals surface area (Å²) >= 11 is 4.93. The minimum atomic E-state index is 0.219. The number of piperidine rings is 1. The van der Waals surface area contributed by atoms with E-state index in [0.717, 1.165) is 24.2 Å². The van der Waals surface area contributed by atoms with E-state index >= 15 is 0 Å². The van der Waals surface area contributed by atoms with E-state index in [-0.39, 0.29) is 12.6 Å². The number of benzene rings is 1. The Morgan fingerprint density at radius 2 is 2.06 bits per heavy atom. The number of aliphatic hydroxyl groups excluding tert-OH is 1. The Hall–Kier alpha value is -1.13. The van der Waals surface area contributed by atoms with Gasteiger partial charge in [-0.1, -0.05) is 12.2 Å². The first-order valence-electron chi connectivity index (χ1n) is 5.99. The Bertz CT molecular complexity index is 391. The molecule has 1 fully saturated rings. The topological polar surface area (TPSA) is 49.5 Å². The fraction of sp³-hybridized carbons (Fsp3) is 0.462. The summed E-state index contributed by atoms with van der Waals surface area (Å²) in [6, 6.07) is 8.20. The summed E-state index contributed by atoms with van der Waals surface area (Å²) in [4.78, 5) is 2.70. The van der Waals surface area contributed by atoms with Crippen molar-refractivity contribution in [3.8, 4) is 0 Å². The lowest BCUT2D eigenvalue weighted by Gasteiger charge is -2.36. The Morgan fingerprint density at radius 1 is 1.35 bits per heavy atom. The quantitative estimate of drug-likeness (QED) is 0.801.